The first-order valence-corrected chi connectivity index (χ1v) is 7.65. The number of pyridine rings is 1. The first-order valence-electron chi connectivity index (χ1n) is 7.65. The molecule has 21 heavy (non-hydrogen) atoms. The van der Waals surface area contributed by atoms with E-state index in [2.05, 4.69) is 35.3 Å². The average molecular weight is 282 g/mol. The number of ether oxygens (including phenoxy) is 1. The van der Waals surface area contributed by atoms with E-state index in [1.165, 1.54) is 12.0 Å². The van der Waals surface area contributed by atoms with Gasteiger partial charge in [0.2, 0.25) is 0 Å². The molecule has 2 N–H and O–H groups in total. The second-order valence-corrected chi connectivity index (χ2v) is 5.74. The van der Waals surface area contributed by atoms with E-state index in [1.54, 1.807) is 6.20 Å². The van der Waals surface area contributed by atoms with Gasteiger partial charge in [0.25, 0.3) is 0 Å². The van der Waals surface area contributed by atoms with Crippen LogP contribution in [-0.2, 0) is 5.41 Å². The third-order valence-electron chi connectivity index (χ3n) is 4.59. The van der Waals surface area contributed by atoms with Crippen molar-refractivity contribution in [1.82, 2.24) is 4.98 Å². The molecule has 0 radical (unpaired) electrons. The van der Waals surface area contributed by atoms with Crippen LogP contribution in [0.15, 0.2) is 48.8 Å². The predicted molar refractivity (Wildman–Crippen MR) is 84.3 cm³/mol. The molecule has 0 spiro atoms. The van der Waals surface area contributed by atoms with Gasteiger partial charge >= 0.3 is 0 Å². The summed E-state index contributed by atoms with van der Waals surface area (Å²) in [5, 5.41) is 0. The van der Waals surface area contributed by atoms with Gasteiger partial charge in [0.1, 0.15) is 5.75 Å². The van der Waals surface area contributed by atoms with Crippen molar-refractivity contribution in [3.8, 4) is 5.75 Å². The van der Waals surface area contributed by atoms with Crippen LogP contribution in [0.1, 0.15) is 43.4 Å². The summed E-state index contributed by atoms with van der Waals surface area (Å²) in [6.07, 6.45) is 7.13. The molecule has 1 saturated carbocycles. The summed E-state index contributed by atoms with van der Waals surface area (Å²) < 4.78 is 5.55. The minimum atomic E-state index is -0.0402. The minimum Gasteiger partial charge on any atom is -0.492 e. The van der Waals surface area contributed by atoms with E-state index >= 15 is 0 Å². The van der Waals surface area contributed by atoms with Gasteiger partial charge in [-0.1, -0.05) is 36.8 Å². The number of aromatic nitrogens is 1. The standard InChI is InChI=1S/C18H22N2O/c1-2-21-16-11-14(12-20-13-16)17(19)18(9-6-10-18)15-7-4-3-5-8-15/h3-5,7-8,11-13,17H,2,6,9-10,19H2,1H3. The first-order chi connectivity index (χ1) is 10.3. The average Bonchev–Trinajstić information content (AvgIpc) is 2.48. The second-order valence-electron chi connectivity index (χ2n) is 5.74. The Morgan fingerprint density at radius 3 is 2.62 bits per heavy atom. The fourth-order valence-corrected chi connectivity index (χ4v) is 3.28. The van der Waals surface area contributed by atoms with Crippen molar-refractivity contribution in [1.29, 1.82) is 0 Å². The molecule has 1 aliphatic rings. The van der Waals surface area contributed by atoms with Gasteiger partial charge in [0.05, 0.1) is 12.8 Å². The summed E-state index contributed by atoms with van der Waals surface area (Å²) in [5.41, 5.74) is 9.08. The SMILES string of the molecule is CCOc1cncc(C(N)C2(c3ccccc3)CCC2)c1. The molecular weight excluding hydrogens is 260 g/mol. The Bertz CT molecular complexity index is 593. The van der Waals surface area contributed by atoms with Crippen molar-refractivity contribution < 1.29 is 4.74 Å². The smallest absolute Gasteiger partial charge is 0.137 e. The van der Waals surface area contributed by atoms with E-state index < -0.39 is 0 Å². The lowest BCUT2D eigenvalue weighted by Gasteiger charge is -2.47. The zero-order valence-electron chi connectivity index (χ0n) is 12.5. The number of rotatable bonds is 5. The van der Waals surface area contributed by atoms with Crippen molar-refractivity contribution in [3.05, 3.63) is 59.9 Å². The molecule has 3 rings (SSSR count). The fourth-order valence-electron chi connectivity index (χ4n) is 3.28. The lowest BCUT2D eigenvalue weighted by atomic mass is 9.59. The molecule has 3 heteroatoms. The van der Waals surface area contributed by atoms with Crippen LogP contribution in [0.25, 0.3) is 0 Å². The Morgan fingerprint density at radius 1 is 1.24 bits per heavy atom. The van der Waals surface area contributed by atoms with Gasteiger partial charge in [-0.15, -0.1) is 0 Å². The summed E-state index contributed by atoms with van der Waals surface area (Å²) >= 11 is 0. The summed E-state index contributed by atoms with van der Waals surface area (Å²) in [6, 6.07) is 12.6. The maximum absolute atomic E-state index is 6.64. The van der Waals surface area contributed by atoms with Crippen LogP contribution in [0.3, 0.4) is 0 Å². The molecule has 1 fully saturated rings. The third-order valence-corrected chi connectivity index (χ3v) is 4.59. The third kappa shape index (κ3) is 2.54. The predicted octanol–water partition coefficient (Wildman–Crippen LogP) is 3.60. The first kappa shape index (κ1) is 14.1. The summed E-state index contributed by atoms with van der Waals surface area (Å²) in [5.74, 6) is 0.799. The van der Waals surface area contributed by atoms with Crippen molar-refractivity contribution >= 4 is 0 Å². The molecule has 1 atom stereocenters. The maximum atomic E-state index is 6.64. The van der Waals surface area contributed by atoms with Crippen LogP contribution >= 0.6 is 0 Å². The van der Waals surface area contributed by atoms with E-state index in [4.69, 9.17) is 10.5 Å². The van der Waals surface area contributed by atoms with Gasteiger partial charge in [0, 0.05) is 17.7 Å². The minimum absolute atomic E-state index is 0.0402. The Labute approximate surface area is 126 Å². The zero-order chi connectivity index (χ0) is 14.7. The van der Waals surface area contributed by atoms with Crippen LogP contribution in [0.2, 0.25) is 0 Å². The monoisotopic (exact) mass is 282 g/mol. The lowest BCUT2D eigenvalue weighted by Crippen LogP contribution is -2.44. The summed E-state index contributed by atoms with van der Waals surface area (Å²) in [6.45, 7) is 2.62. The van der Waals surface area contributed by atoms with E-state index in [0.29, 0.717) is 6.61 Å². The van der Waals surface area contributed by atoms with Gasteiger partial charge in [-0.25, -0.2) is 0 Å². The molecule has 3 nitrogen and oxygen atoms in total. The van der Waals surface area contributed by atoms with Crippen molar-refractivity contribution in [2.75, 3.05) is 6.61 Å². The van der Waals surface area contributed by atoms with Gasteiger partial charge in [-0.3, -0.25) is 4.98 Å². The summed E-state index contributed by atoms with van der Waals surface area (Å²) in [4.78, 5) is 4.28. The topological polar surface area (TPSA) is 48.1 Å². The quantitative estimate of drug-likeness (QED) is 0.911. The van der Waals surface area contributed by atoms with Crippen LogP contribution in [0.5, 0.6) is 5.75 Å². The van der Waals surface area contributed by atoms with Crippen LogP contribution in [0, 0.1) is 0 Å². The number of hydrogen-bond acceptors (Lipinski definition) is 3. The highest BCUT2D eigenvalue weighted by Crippen LogP contribution is 2.51. The molecule has 0 aliphatic heterocycles. The molecule has 2 aromatic rings. The van der Waals surface area contributed by atoms with Crippen LogP contribution in [-0.4, -0.2) is 11.6 Å². The second kappa shape index (κ2) is 5.86. The van der Waals surface area contributed by atoms with Gasteiger partial charge in [-0.05, 0) is 37.0 Å². The molecule has 0 saturated heterocycles. The van der Waals surface area contributed by atoms with Crippen molar-refractivity contribution in [2.24, 2.45) is 5.73 Å². The Kier molecular flexibility index (Phi) is 3.93. The Balaban J connectivity index is 1.92. The van der Waals surface area contributed by atoms with E-state index in [1.807, 2.05) is 19.2 Å². The van der Waals surface area contributed by atoms with Gasteiger partial charge in [0.15, 0.2) is 0 Å². The number of nitrogens with two attached hydrogens (primary N) is 1. The number of nitrogens with zero attached hydrogens (tertiary/aromatic N) is 1. The van der Waals surface area contributed by atoms with Crippen molar-refractivity contribution in [2.45, 2.75) is 37.6 Å². The van der Waals surface area contributed by atoms with E-state index in [0.717, 1.165) is 24.2 Å². The normalized spacial score (nSPS) is 17.8. The number of hydrogen-bond donors (Lipinski definition) is 1. The highest BCUT2D eigenvalue weighted by atomic mass is 16.5. The van der Waals surface area contributed by atoms with Crippen LogP contribution in [0.4, 0.5) is 0 Å². The van der Waals surface area contributed by atoms with Gasteiger partial charge in [-0.2, -0.15) is 0 Å². The molecule has 1 heterocycles. The molecule has 1 unspecified atom stereocenters. The fraction of sp³-hybridized carbons (Fsp3) is 0.389. The maximum Gasteiger partial charge on any atom is 0.137 e. The Hall–Kier alpha value is -1.87. The molecule has 1 aliphatic carbocycles. The molecular formula is C18H22N2O. The molecule has 0 amide bonds. The molecule has 110 valence electrons. The highest BCUT2D eigenvalue weighted by Gasteiger charge is 2.44. The molecule has 0 bridgehead atoms. The largest absolute Gasteiger partial charge is 0.492 e. The number of benzene rings is 1. The molecule has 1 aromatic heterocycles. The van der Waals surface area contributed by atoms with E-state index in [9.17, 15) is 0 Å². The van der Waals surface area contributed by atoms with Crippen LogP contribution < -0.4 is 10.5 Å². The van der Waals surface area contributed by atoms with Gasteiger partial charge < -0.3 is 10.5 Å². The highest BCUT2D eigenvalue weighted by molar-refractivity contribution is 5.36. The van der Waals surface area contributed by atoms with E-state index in [-0.39, 0.29) is 11.5 Å². The zero-order valence-corrected chi connectivity index (χ0v) is 12.5. The Morgan fingerprint density at radius 2 is 2.00 bits per heavy atom. The molecule has 1 aromatic carbocycles. The summed E-state index contributed by atoms with van der Waals surface area (Å²) in [7, 11) is 0. The lowest BCUT2D eigenvalue weighted by molar-refractivity contribution is 0.196. The van der Waals surface area contributed by atoms with Crippen molar-refractivity contribution in [3.63, 3.8) is 0 Å².